The molecule has 0 unspecified atom stereocenters. The van der Waals surface area contributed by atoms with Crippen molar-refractivity contribution in [3.8, 4) is 0 Å². The van der Waals surface area contributed by atoms with E-state index in [2.05, 4.69) is 6.58 Å². The number of amides is 1. The third-order valence-electron chi connectivity index (χ3n) is 2.48. The quantitative estimate of drug-likeness (QED) is 0.472. The van der Waals surface area contributed by atoms with Crippen molar-refractivity contribution in [2.75, 3.05) is 6.54 Å². The summed E-state index contributed by atoms with van der Waals surface area (Å²) in [6.07, 6.45) is 2.07. The van der Waals surface area contributed by atoms with Crippen LogP contribution in [0.25, 0.3) is 0 Å². The van der Waals surface area contributed by atoms with Gasteiger partial charge in [0.15, 0.2) is 5.88 Å². The molecular weight excluding hydrogens is 314 g/mol. The number of carbonyl (C=O) groups is 2. The summed E-state index contributed by atoms with van der Waals surface area (Å²) in [5.41, 5.74) is 0. The van der Waals surface area contributed by atoms with Crippen LogP contribution in [-0.2, 0) is 18.4 Å². The third kappa shape index (κ3) is 9.78. The molecule has 128 valence electrons. The Labute approximate surface area is 136 Å². The molecule has 0 aromatic rings. The lowest BCUT2D eigenvalue weighted by molar-refractivity contribution is -0.143. The molecule has 0 spiro atoms. The molecule has 0 atom stereocenters. The molecule has 1 amide bonds. The zero-order valence-corrected chi connectivity index (χ0v) is 17.1. The predicted octanol–water partition coefficient (Wildman–Crippen LogP) is 3.71. The molecule has 0 saturated heterocycles. The van der Waals surface area contributed by atoms with E-state index in [1.165, 1.54) is 4.90 Å². The van der Waals surface area contributed by atoms with E-state index < -0.39 is 22.6 Å². The number of rotatable bonds is 9. The van der Waals surface area contributed by atoms with Gasteiger partial charge in [0, 0.05) is 6.42 Å². The van der Waals surface area contributed by atoms with Gasteiger partial charge >= 0.3 is 5.97 Å². The minimum atomic E-state index is -1.98. The molecule has 7 heteroatoms. The molecule has 0 aliphatic rings. The minimum absolute atomic E-state index is 0.129. The molecule has 0 radical (unpaired) electrons. The van der Waals surface area contributed by atoms with Gasteiger partial charge in [-0.1, -0.05) is 13.3 Å². The second-order valence-electron chi connectivity index (χ2n) is 7.28. The lowest BCUT2D eigenvalue weighted by Crippen LogP contribution is -2.42. The second-order valence-corrected chi connectivity index (χ2v) is 16.1. The van der Waals surface area contributed by atoms with Crippen LogP contribution in [0, 0.1) is 0 Å². The van der Waals surface area contributed by atoms with Gasteiger partial charge in [-0.2, -0.15) is 0 Å². The van der Waals surface area contributed by atoms with Gasteiger partial charge in [-0.25, -0.2) is 0 Å². The van der Waals surface area contributed by atoms with Crippen molar-refractivity contribution >= 4 is 28.5 Å². The monoisotopic (exact) mass is 345 g/mol. The fourth-order valence-electron chi connectivity index (χ4n) is 1.69. The molecule has 0 bridgehead atoms. The largest absolute Gasteiger partial charge is 0.533 e. The molecule has 22 heavy (non-hydrogen) atoms. The van der Waals surface area contributed by atoms with Crippen LogP contribution >= 0.6 is 0 Å². The highest BCUT2D eigenvalue weighted by atomic mass is 28.4. The average Bonchev–Trinajstić information content (AvgIpc) is 2.28. The van der Waals surface area contributed by atoms with Crippen LogP contribution in [0.1, 0.15) is 26.2 Å². The smallest absolute Gasteiger partial charge is 0.312 e. The maximum atomic E-state index is 12.3. The van der Waals surface area contributed by atoms with E-state index >= 15 is 0 Å². The molecule has 0 aliphatic heterocycles. The van der Waals surface area contributed by atoms with Gasteiger partial charge < -0.3 is 8.85 Å². The molecule has 0 aromatic carbocycles. The van der Waals surface area contributed by atoms with Crippen molar-refractivity contribution in [2.24, 2.45) is 0 Å². The van der Waals surface area contributed by atoms with Crippen molar-refractivity contribution in [3.05, 3.63) is 12.5 Å². The van der Waals surface area contributed by atoms with Gasteiger partial charge in [-0.3, -0.25) is 14.5 Å². The first-order valence-electron chi connectivity index (χ1n) is 7.76. The minimum Gasteiger partial charge on any atom is -0.533 e. The Morgan fingerprint density at radius 3 is 1.91 bits per heavy atom. The van der Waals surface area contributed by atoms with E-state index in [4.69, 9.17) is 8.85 Å². The van der Waals surface area contributed by atoms with Gasteiger partial charge in [0.25, 0.3) is 0 Å². The molecule has 0 heterocycles. The van der Waals surface area contributed by atoms with Crippen molar-refractivity contribution in [1.29, 1.82) is 0 Å². The Balaban J connectivity index is 4.97. The highest BCUT2D eigenvalue weighted by Gasteiger charge is 2.28. The van der Waals surface area contributed by atoms with Crippen molar-refractivity contribution in [3.63, 3.8) is 0 Å². The first kappa shape index (κ1) is 20.9. The fraction of sp³-hybridized carbons (Fsp3) is 0.733. The summed E-state index contributed by atoms with van der Waals surface area (Å²) in [5.74, 6) is -0.283. The number of nitrogens with zero attached hydrogens (tertiary/aromatic N) is 1. The maximum Gasteiger partial charge on any atom is 0.312 e. The summed E-state index contributed by atoms with van der Waals surface area (Å²) in [7, 11) is -3.87. The van der Waals surface area contributed by atoms with E-state index in [1.807, 2.05) is 46.2 Å². The summed E-state index contributed by atoms with van der Waals surface area (Å²) in [5, 5.41) is 0. The zero-order valence-electron chi connectivity index (χ0n) is 15.1. The molecule has 0 fully saturated rings. The highest BCUT2D eigenvalue weighted by Crippen LogP contribution is 2.16. The number of unbranched alkanes of at least 4 members (excludes halogenated alkanes) is 1. The van der Waals surface area contributed by atoms with Gasteiger partial charge in [-0.15, -0.1) is 0 Å². The Kier molecular flexibility index (Phi) is 8.10. The van der Waals surface area contributed by atoms with Crippen LogP contribution in [0.4, 0.5) is 0 Å². The van der Waals surface area contributed by atoms with Crippen LogP contribution in [-0.4, -0.2) is 40.0 Å². The van der Waals surface area contributed by atoms with Crippen molar-refractivity contribution < 1.29 is 18.4 Å². The number of hydrogen-bond donors (Lipinski definition) is 0. The van der Waals surface area contributed by atoms with Crippen molar-refractivity contribution in [2.45, 2.75) is 65.5 Å². The Hall–Kier alpha value is -1.09. The van der Waals surface area contributed by atoms with Crippen molar-refractivity contribution in [1.82, 2.24) is 4.90 Å². The molecule has 0 saturated carbocycles. The lowest BCUT2D eigenvalue weighted by Gasteiger charge is -2.30. The number of carbonyl (C=O) groups excluding carboxylic acids is 2. The Morgan fingerprint density at radius 1 is 1.00 bits per heavy atom. The van der Waals surface area contributed by atoms with Crippen LogP contribution in [0.15, 0.2) is 12.5 Å². The van der Waals surface area contributed by atoms with Crippen LogP contribution in [0.2, 0.25) is 39.3 Å². The molecule has 0 N–H and O–H groups in total. The first-order chi connectivity index (χ1) is 9.85. The summed E-state index contributed by atoms with van der Waals surface area (Å²) in [4.78, 5) is 25.7. The molecule has 0 aliphatic carbocycles. The van der Waals surface area contributed by atoms with Crippen LogP contribution in [0.5, 0.6) is 0 Å². The third-order valence-corrected chi connectivity index (χ3v) is 4.17. The van der Waals surface area contributed by atoms with Crippen LogP contribution in [0.3, 0.4) is 0 Å². The molecule has 5 nitrogen and oxygen atoms in total. The van der Waals surface area contributed by atoms with Gasteiger partial charge in [-0.05, 0) is 52.3 Å². The van der Waals surface area contributed by atoms with Gasteiger partial charge in [0.2, 0.25) is 22.5 Å². The summed E-state index contributed by atoms with van der Waals surface area (Å²) < 4.78 is 11.2. The predicted molar refractivity (Wildman–Crippen MR) is 94.2 cm³/mol. The lowest BCUT2D eigenvalue weighted by atomic mass is 10.2. The SMILES string of the molecule is C=C(O[Si](C)(C)C)N(CC(=O)O[Si](C)(C)C)C(=O)CCCC. The second kappa shape index (κ2) is 8.52. The zero-order chi connectivity index (χ0) is 17.6. The standard InChI is InChI=1S/C15H31NO4Si2/c1-9-10-11-14(17)16(13(2)19-21(3,4)5)12-15(18)20-22(6,7)8/h2,9-12H2,1,3-8H3. The summed E-state index contributed by atoms with van der Waals surface area (Å²) in [6, 6.07) is 0. The Bertz CT molecular complexity index is 411. The number of hydrogen-bond acceptors (Lipinski definition) is 4. The van der Waals surface area contributed by atoms with Gasteiger partial charge in [0.1, 0.15) is 6.54 Å². The maximum absolute atomic E-state index is 12.3. The van der Waals surface area contributed by atoms with E-state index in [9.17, 15) is 9.59 Å². The highest BCUT2D eigenvalue weighted by molar-refractivity contribution is 6.71. The molecule has 0 aromatic heterocycles. The first-order valence-corrected chi connectivity index (χ1v) is 14.6. The van der Waals surface area contributed by atoms with Crippen LogP contribution < -0.4 is 0 Å². The fourth-order valence-corrected chi connectivity index (χ4v) is 3.25. The normalized spacial score (nSPS) is 11.8. The van der Waals surface area contributed by atoms with E-state index in [1.54, 1.807) is 0 Å². The molecular formula is C15H31NO4Si2. The van der Waals surface area contributed by atoms with E-state index in [0.717, 1.165) is 12.8 Å². The average molecular weight is 346 g/mol. The van der Waals surface area contributed by atoms with Gasteiger partial charge in [0.05, 0.1) is 0 Å². The van der Waals surface area contributed by atoms with E-state index in [0.29, 0.717) is 6.42 Å². The molecule has 0 rings (SSSR count). The Morgan fingerprint density at radius 2 is 1.50 bits per heavy atom. The topological polar surface area (TPSA) is 55.8 Å². The summed E-state index contributed by atoms with van der Waals surface area (Å²) in [6.45, 7) is 17.5. The summed E-state index contributed by atoms with van der Waals surface area (Å²) >= 11 is 0. The van der Waals surface area contributed by atoms with E-state index in [-0.39, 0.29) is 18.3 Å².